The van der Waals surface area contributed by atoms with Crippen molar-refractivity contribution in [3.05, 3.63) is 0 Å². The van der Waals surface area contributed by atoms with Gasteiger partial charge in [0.25, 0.3) is 0 Å². The zero-order valence-electron chi connectivity index (χ0n) is 30.8. The van der Waals surface area contributed by atoms with Gasteiger partial charge in [-0.2, -0.15) is 0 Å². The highest BCUT2D eigenvalue weighted by atomic mass is 16.5. The lowest BCUT2D eigenvalue weighted by molar-refractivity contribution is -0.147. The van der Waals surface area contributed by atoms with E-state index in [1.54, 1.807) is 27.7 Å². The number of methoxy groups -OCH3 is 1. The van der Waals surface area contributed by atoms with Crippen LogP contribution in [0.4, 0.5) is 0 Å². The molecule has 0 aromatic heterocycles. The number of hydrogen-bond donors (Lipinski definition) is 8. The second-order valence-corrected chi connectivity index (χ2v) is 14.8. The van der Waals surface area contributed by atoms with Gasteiger partial charge >= 0.3 is 5.97 Å². The Labute approximate surface area is 296 Å². The van der Waals surface area contributed by atoms with E-state index in [9.17, 15) is 33.9 Å². The predicted molar refractivity (Wildman–Crippen MR) is 186 cm³/mol. The van der Waals surface area contributed by atoms with E-state index in [0.717, 1.165) is 32.1 Å². The molecule has 0 spiro atoms. The number of ether oxygens (including phenoxy) is 1. The summed E-state index contributed by atoms with van der Waals surface area (Å²) in [5.41, 5.74) is 5.51. The number of nitrogens with two attached hydrogens (primary N) is 1. The molecule has 9 atom stereocenters. The van der Waals surface area contributed by atoms with Gasteiger partial charge in [0.05, 0.1) is 25.9 Å². The van der Waals surface area contributed by atoms with E-state index < -0.39 is 90.4 Å². The van der Waals surface area contributed by atoms with E-state index in [4.69, 9.17) is 15.6 Å². The van der Waals surface area contributed by atoms with Crippen molar-refractivity contribution in [3.63, 3.8) is 0 Å². The van der Waals surface area contributed by atoms with Crippen molar-refractivity contribution in [3.8, 4) is 0 Å². The number of esters is 1. The van der Waals surface area contributed by atoms with Gasteiger partial charge in [0.2, 0.25) is 29.5 Å². The standard InChI is InChI=1S/C35H62N6O9/c1-18(2)27(34(48)41-28(19(3)4)35(49)50-7)40-32(46)24-15-11-14-23(24)29(43)26(16-22-12-9-8-10-13-22)39-31(45)21(6)37-30(44)20(5)38-33(47)25(36)17-42/h18-29,42-43H,8-17,36H2,1-7H3,(H,37,44)(H,38,47)(H,39,45)(H,40,46)(H,41,48)/t20-,21-,23?,24?,25-,26-,27-,28-,29?/m0/s1. The molecule has 0 aromatic rings. The quantitative estimate of drug-likeness (QED) is 0.0887. The number of nitrogens with one attached hydrogen (secondary N) is 5. The molecule has 0 bridgehead atoms. The van der Waals surface area contributed by atoms with Crippen LogP contribution in [0.5, 0.6) is 0 Å². The minimum atomic E-state index is -1.19. The maximum atomic E-state index is 13.8. The number of hydrogen-bond acceptors (Lipinski definition) is 10. The third-order valence-electron chi connectivity index (χ3n) is 10.1. The fourth-order valence-corrected chi connectivity index (χ4v) is 6.93. The number of carbonyl (C=O) groups excluding carboxylic acids is 6. The fraction of sp³-hybridized carbons (Fsp3) is 0.829. The van der Waals surface area contributed by atoms with Gasteiger partial charge in [-0.15, -0.1) is 0 Å². The lowest BCUT2D eigenvalue weighted by atomic mass is 9.79. The first-order valence-corrected chi connectivity index (χ1v) is 18.2. The highest BCUT2D eigenvalue weighted by molar-refractivity contribution is 5.93. The minimum absolute atomic E-state index is 0.239. The first-order chi connectivity index (χ1) is 23.5. The Morgan fingerprint density at radius 3 is 1.80 bits per heavy atom. The Hall–Kier alpha value is -3.30. The third kappa shape index (κ3) is 12.5. The first kappa shape index (κ1) is 42.9. The Morgan fingerprint density at radius 2 is 1.26 bits per heavy atom. The molecule has 2 fully saturated rings. The average molecular weight is 711 g/mol. The van der Waals surface area contributed by atoms with Crippen molar-refractivity contribution >= 4 is 35.5 Å². The number of amides is 5. The molecule has 50 heavy (non-hydrogen) atoms. The summed E-state index contributed by atoms with van der Waals surface area (Å²) in [7, 11) is 1.25. The van der Waals surface area contributed by atoms with Crippen LogP contribution in [0.1, 0.15) is 99.3 Å². The smallest absolute Gasteiger partial charge is 0.328 e. The fourth-order valence-electron chi connectivity index (χ4n) is 6.93. The SMILES string of the molecule is COC(=O)[C@@H](NC(=O)[C@@H](NC(=O)C1CCCC1C(O)[C@H](CC1CCCCC1)NC(=O)[C@H](C)NC(=O)[C@H](C)NC(=O)[C@@H](N)CO)C(C)C)C(C)C. The molecule has 2 saturated carbocycles. The average Bonchev–Trinajstić information content (AvgIpc) is 3.58. The van der Waals surface area contributed by atoms with E-state index in [1.165, 1.54) is 21.0 Å². The summed E-state index contributed by atoms with van der Waals surface area (Å²) < 4.78 is 4.84. The lowest BCUT2D eigenvalue weighted by Gasteiger charge is -2.35. The molecule has 2 aliphatic rings. The third-order valence-corrected chi connectivity index (χ3v) is 10.1. The molecule has 3 unspecified atom stereocenters. The zero-order valence-corrected chi connectivity index (χ0v) is 30.8. The van der Waals surface area contributed by atoms with Gasteiger partial charge in [0.1, 0.15) is 30.2 Å². The molecule has 15 nitrogen and oxygen atoms in total. The normalized spacial score (nSPS) is 22.3. The van der Waals surface area contributed by atoms with Crippen molar-refractivity contribution in [1.29, 1.82) is 0 Å². The molecule has 5 amide bonds. The van der Waals surface area contributed by atoms with Crippen LogP contribution in [0, 0.1) is 29.6 Å². The molecular weight excluding hydrogens is 648 g/mol. The van der Waals surface area contributed by atoms with Crippen LogP contribution in [0.15, 0.2) is 0 Å². The molecule has 2 aliphatic carbocycles. The second kappa shape index (κ2) is 20.5. The van der Waals surface area contributed by atoms with Crippen molar-refractivity contribution in [2.75, 3.05) is 13.7 Å². The monoisotopic (exact) mass is 710 g/mol. The Kier molecular flexibility index (Phi) is 17.6. The van der Waals surface area contributed by atoms with E-state index in [2.05, 4.69) is 26.6 Å². The Morgan fingerprint density at radius 1 is 0.700 bits per heavy atom. The first-order valence-electron chi connectivity index (χ1n) is 18.2. The molecule has 0 radical (unpaired) electrons. The maximum Gasteiger partial charge on any atom is 0.328 e. The molecular formula is C35H62N6O9. The number of carbonyl (C=O) groups is 6. The lowest BCUT2D eigenvalue weighted by Crippen LogP contribution is -2.58. The topological polar surface area (TPSA) is 238 Å². The number of aliphatic hydroxyl groups is 2. The van der Waals surface area contributed by atoms with Gasteiger partial charge in [0.15, 0.2) is 0 Å². The molecule has 0 heterocycles. The van der Waals surface area contributed by atoms with E-state index >= 15 is 0 Å². The minimum Gasteiger partial charge on any atom is -0.467 e. The summed E-state index contributed by atoms with van der Waals surface area (Å²) in [5.74, 6) is -4.69. The van der Waals surface area contributed by atoms with Gasteiger partial charge in [-0.3, -0.25) is 24.0 Å². The van der Waals surface area contributed by atoms with Crippen LogP contribution in [0.25, 0.3) is 0 Å². The van der Waals surface area contributed by atoms with Crippen LogP contribution in [-0.4, -0.2) is 102 Å². The van der Waals surface area contributed by atoms with E-state index in [-0.39, 0.29) is 23.7 Å². The van der Waals surface area contributed by atoms with Crippen molar-refractivity contribution < 1.29 is 43.7 Å². The van der Waals surface area contributed by atoms with Gasteiger partial charge in [-0.25, -0.2) is 4.79 Å². The van der Waals surface area contributed by atoms with Crippen LogP contribution in [0.2, 0.25) is 0 Å². The van der Waals surface area contributed by atoms with E-state index in [0.29, 0.717) is 25.7 Å². The summed E-state index contributed by atoms with van der Waals surface area (Å²) in [4.78, 5) is 77.5. The van der Waals surface area contributed by atoms with Gasteiger partial charge in [-0.1, -0.05) is 66.2 Å². The van der Waals surface area contributed by atoms with Crippen LogP contribution in [-0.2, 0) is 33.5 Å². The maximum absolute atomic E-state index is 13.8. The van der Waals surface area contributed by atoms with Gasteiger partial charge < -0.3 is 47.3 Å². The number of rotatable bonds is 18. The molecule has 9 N–H and O–H groups in total. The highest BCUT2D eigenvalue weighted by Crippen LogP contribution is 2.38. The van der Waals surface area contributed by atoms with Crippen molar-refractivity contribution in [2.24, 2.45) is 35.3 Å². The molecule has 0 aromatic carbocycles. The van der Waals surface area contributed by atoms with Crippen molar-refractivity contribution in [2.45, 2.75) is 142 Å². The molecule has 2 rings (SSSR count). The highest BCUT2D eigenvalue weighted by Gasteiger charge is 2.43. The molecule has 286 valence electrons. The second-order valence-electron chi connectivity index (χ2n) is 14.8. The van der Waals surface area contributed by atoms with Crippen molar-refractivity contribution in [1.82, 2.24) is 26.6 Å². The van der Waals surface area contributed by atoms with Gasteiger partial charge in [-0.05, 0) is 56.8 Å². The summed E-state index contributed by atoms with van der Waals surface area (Å²) in [6.45, 7) is 9.49. The Bertz CT molecular complexity index is 1160. The zero-order chi connectivity index (χ0) is 37.7. The summed E-state index contributed by atoms with van der Waals surface area (Å²) in [6.07, 6.45) is 6.31. The predicted octanol–water partition coefficient (Wildman–Crippen LogP) is 0.00240. The van der Waals surface area contributed by atoms with Gasteiger partial charge in [0, 0.05) is 5.92 Å². The largest absolute Gasteiger partial charge is 0.467 e. The summed E-state index contributed by atoms with van der Waals surface area (Å²) >= 11 is 0. The Balaban J connectivity index is 2.19. The molecule has 0 aliphatic heterocycles. The summed E-state index contributed by atoms with van der Waals surface area (Å²) in [6, 6.07) is -5.73. The van der Waals surface area contributed by atoms with Crippen LogP contribution < -0.4 is 32.3 Å². The summed E-state index contributed by atoms with van der Waals surface area (Å²) in [5, 5.41) is 34.5. The number of aliphatic hydroxyl groups excluding tert-OH is 2. The molecule has 15 heteroatoms. The van der Waals surface area contributed by atoms with E-state index in [1.807, 2.05) is 0 Å². The van der Waals surface area contributed by atoms with Crippen LogP contribution >= 0.6 is 0 Å². The molecule has 0 saturated heterocycles. The van der Waals surface area contributed by atoms with Crippen LogP contribution in [0.3, 0.4) is 0 Å².